The van der Waals surface area contributed by atoms with Gasteiger partial charge in [-0.1, -0.05) is 29.8 Å². The van der Waals surface area contributed by atoms with Crippen molar-refractivity contribution >= 4 is 41.3 Å². The van der Waals surface area contributed by atoms with Gasteiger partial charge in [0.05, 0.1) is 17.9 Å². The molecule has 1 aliphatic heterocycles. The van der Waals surface area contributed by atoms with Crippen LogP contribution in [0.25, 0.3) is 6.08 Å². The van der Waals surface area contributed by atoms with E-state index in [9.17, 15) is 14.4 Å². The van der Waals surface area contributed by atoms with Gasteiger partial charge in [-0.15, -0.1) is 6.58 Å². The van der Waals surface area contributed by atoms with E-state index in [1.807, 2.05) is 13.0 Å². The second-order valence-electron chi connectivity index (χ2n) is 8.33. The number of allylic oxidation sites excluding steroid dienone is 1. The van der Waals surface area contributed by atoms with Crippen LogP contribution >= 0.6 is 11.6 Å². The number of nitrogens with zero attached hydrogens (tertiary/aromatic N) is 1. The molecule has 1 saturated heterocycles. The Morgan fingerprint density at radius 3 is 2.42 bits per heavy atom. The summed E-state index contributed by atoms with van der Waals surface area (Å²) in [5.74, 6) is -0.513. The molecule has 3 aromatic carbocycles. The molecule has 0 saturated carbocycles. The molecule has 3 amide bonds. The van der Waals surface area contributed by atoms with E-state index in [2.05, 4.69) is 11.9 Å². The van der Waals surface area contributed by atoms with Crippen LogP contribution in [0.2, 0.25) is 5.02 Å². The molecule has 1 fully saturated rings. The van der Waals surface area contributed by atoms with Crippen molar-refractivity contribution in [1.82, 2.24) is 5.32 Å². The lowest BCUT2D eigenvalue weighted by Crippen LogP contribution is -2.30. The lowest BCUT2D eigenvalue weighted by molar-refractivity contribution is -0.113. The number of carbonyl (C=O) groups excluding carboxylic acids is 2. The molecule has 0 bridgehead atoms. The highest BCUT2D eigenvalue weighted by molar-refractivity contribution is 6.31. The summed E-state index contributed by atoms with van der Waals surface area (Å²) in [6.07, 6.45) is 3.77. The highest BCUT2D eigenvalue weighted by Gasteiger charge is 2.35. The molecule has 1 aliphatic rings. The van der Waals surface area contributed by atoms with Gasteiger partial charge < -0.3 is 19.9 Å². The van der Waals surface area contributed by atoms with E-state index in [1.54, 1.807) is 54.6 Å². The van der Waals surface area contributed by atoms with E-state index in [0.29, 0.717) is 40.8 Å². The predicted molar refractivity (Wildman–Crippen MR) is 145 cm³/mol. The molecule has 2 N–H and O–H groups in total. The molecule has 0 atom stereocenters. The first-order chi connectivity index (χ1) is 18.3. The van der Waals surface area contributed by atoms with E-state index in [-0.39, 0.29) is 17.9 Å². The van der Waals surface area contributed by atoms with Crippen molar-refractivity contribution in [2.75, 3.05) is 11.5 Å². The molecule has 0 radical (unpaired) electrons. The molecule has 4 rings (SSSR count). The topological polar surface area (TPSA) is 105 Å². The van der Waals surface area contributed by atoms with E-state index in [0.717, 1.165) is 16.0 Å². The number of carboxylic acids is 1. The van der Waals surface area contributed by atoms with Crippen molar-refractivity contribution in [3.05, 3.63) is 106 Å². The number of benzene rings is 3. The van der Waals surface area contributed by atoms with Gasteiger partial charge in [0.25, 0.3) is 5.91 Å². The fourth-order valence-corrected chi connectivity index (χ4v) is 4.05. The highest BCUT2D eigenvalue weighted by Crippen LogP contribution is 2.36. The maximum atomic E-state index is 13.1. The minimum Gasteiger partial charge on any atom is -0.490 e. The number of nitrogens with one attached hydrogen (secondary N) is 1. The summed E-state index contributed by atoms with van der Waals surface area (Å²) < 4.78 is 12.0. The Hall–Kier alpha value is -4.56. The van der Waals surface area contributed by atoms with Crippen molar-refractivity contribution in [3.63, 3.8) is 0 Å². The average molecular weight is 533 g/mol. The van der Waals surface area contributed by atoms with Crippen LogP contribution in [0.3, 0.4) is 0 Å². The van der Waals surface area contributed by atoms with E-state index >= 15 is 0 Å². The number of amides is 3. The smallest absolute Gasteiger partial charge is 0.335 e. The van der Waals surface area contributed by atoms with Gasteiger partial charge >= 0.3 is 12.0 Å². The fraction of sp³-hybridized carbons (Fsp3) is 0.138. The molecular weight excluding hydrogens is 508 g/mol. The molecule has 9 heteroatoms. The van der Waals surface area contributed by atoms with Gasteiger partial charge in [0, 0.05) is 10.6 Å². The van der Waals surface area contributed by atoms with Crippen LogP contribution < -0.4 is 19.7 Å². The number of urea groups is 1. The van der Waals surface area contributed by atoms with Crippen LogP contribution in [0.4, 0.5) is 10.5 Å². The van der Waals surface area contributed by atoms with Gasteiger partial charge in [-0.3, -0.25) is 4.79 Å². The third-order valence-corrected chi connectivity index (χ3v) is 5.93. The molecule has 0 aliphatic carbocycles. The number of rotatable bonds is 10. The minimum atomic E-state index is -0.998. The predicted octanol–water partition coefficient (Wildman–Crippen LogP) is 5.84. The average Bonchev–Trinajstić information content (AvgIpc) is 3.17. The molecule has 38 heavy (non-hydrogen) atoms. The molecule has 0 spiro atoms. The second-order valence-corrected chi connectivity index (χ2v) is 8.77. The zero-order chi connectivity index (χ0) is 27.2. The first-order valence-corrected chi connectivity index (χ1v) is 12.2. The second kappa shape index (κ2) is 11.7. The summed E-state index contributed by atoms with van der Waals surface area (Å²) in [4.78, 5) is 37.8. The number of halogens is 1. The summed E-state index contributed by atoms with van der Waals surface area (Å²) in [5, 5.41) is 12.2. The molecule has 194 valence electrons. The Morgan fingerprint density at radius 2 is 1.79 bits per heavy atom. The lowest BCUT2D eigenvalue weighted by Gasteiger charge is -2.17. The first-order valence-electron chi connectivity index (χ1n) is 11.8. The van der Waals surface area contributed by atoms with Gasteiger partial charge in [0.15, 0.2) is 11.5 Å². The van der Waals surface area contributed by atoms with Crippen molar-refractivity contribution in [3.8, 4) is 11.5 Å². The summed E-state index contributed by atoms with van der Waals surface area (Å²) >= 11 is 5.93. The largest absolute Gasteiger partial charge is 0.490 e. The van der Waals surface area contributed by atoms with Crippen molar-refractivity contribution in [2.45, 2.75) is 20.0 Å². The van der Waals surface area contributed by atoms with Crippen LogP contribution in [-0.4, -0.2) is 29.6 Å². The number of carboxylic acid groups (broad SMARTS) is 1. The maximum absolute atomic E-state index is 13.1. The monoisotopic (exact) mass is 532 g/mol. The molecule has 3 aromatic rings. The first kappa shape index (κ1) is 26.5. The Kier molecular flexibility index (Phi) is 8.13. The molecule has 1 heterocycles. The summed E-state index contributed by atoms with van der Waals surface area (Å²) in [6.45, 7) is 6.23. The molecule has 0 unspecified atom stereocenters. The molecule has 8 nitrogen and oxygen atoms in total. The van der Waals surface area contributed by atoms with Crippen LogP contribution in [0.5, 0.6) is 11.5 Å². The van der Waals surface area contributed by atoms with Gasteiger partial charge in [0.2, 0.25) is 0 Å². The van der Waals surface area contributed by atoms with Crippen molar-refractivity contribution in [2.24, 2.45) is 0 Å². The number of anilines is 1. The van der Waals surface area contributed by atoms with E-state index < -0.39 is 17.9 Å². The number of hydrogen-bond donors (Lipinski definition) is 2. The van der Waals surface area contributed by atoms with Crippen molar-refractivity contribution in [1.29, 1.82) is 0 Å². The van der Waals surface area contributed by atoms with Crippen molar-refractivity contribution < 1.29 is 29.0 Å². The van der Waals surface area contributed by atoms with Crippen LogP contribution in [0, 0.1) is 0 Å². The summed E-state index contributed by atoms with van der Waals surface area (Å²) in [7, 11) is 0. The number of aromatic carboxylic acids is 1. The standard InChI is InChI=1S/C29H25ClN2O6/c1-3-5-21-14-19(15-24-27(33)32(29(36)31-24)23-12-10-22(30)11-13-23)16-25(37-4-2)26(21)38-17-18-6-8-20(9-7-18)28(34)35/h3,6-16H,1,4-5,17H2,2H3,(H,31,36)(H,34,35)/b24-15+. The Bertz CT molecular complexity index is 1410. The van der Waals surface area contributed by atoms with Gasteiger partial charge in [-0.05, 0) is 79.1 Å². The highest BCUT2D eigenvalue weighted by atomic mass is 35.5. The number of ether oxygens (including phenoxy) is 2. The lowest BCUT2D eigenvalue weighted by atomic mass is 10.0. The number of hydrogen-bond acceptors (Lipinski definition) is 5. The van der Waals surface area contributed by atoms with Gasteiger partial charge in [-0.25, -0.2) is 14.5 Å². The number of carbonyl (C=O) groups is 3. The van der Waals surface area contributed by atoms with Crippen LogP contribution in [0.1, 0.15) is 34.0 Å². The van der Waals surface area contributed by atoms with E-state index in [4.69, 9.17) is 26.2 Å². The van der Waals surface area contributed by atoms with Crippen LogP contribution in [-0.2, 0) is 17.8 Å². The number of imide groups is 1. The summed E-state index contributed by atoms with van der Waals surface area (Å²) in [6, 6.07) is 15.8. The van der Waals surface area contributed by atoms with Gasteiger partial charge in [-0.2, -0.15) is 0 Å². The normalized spacial score (nSPS) is 13.9. The van der Waals surface area contributed by atoms with E-state index in [1.165, 1.54) is 12.1 Å². The SMILES string of the molecule is C=CCc1cc(/C=C2/NC(=O)N(c3ccc(Cl)cc3)C2=O)cc(OCC)c1OCc1ccc(C(=O)O)cc1. The minimum absolute atomic E-state index is 0.115. The van der Waals surface area contributed by atoms with Crippen LogP contribution in [0.15, 0.2) is 79.0 Å². The summed E-state index contributed by atoms with van der Waals surface area (Å²) in [5.41, 5.74) is 2.90. The Balaban J connectivity index is 1.63. The zero-order valence-electron chi connectivity index (χ0n) is 20.6. The molecular formula is C29H25ClN2O6. The Morgan fingerprint density at radius 1 is 1.08 bits per heavy atom. The third-order valence-electron chi connectivity index (χ3n) is 5.68. The zero-order valence-corrected chi connectivity index (χ0v) is 21.3. The third kappa shape index (κ3) is 5.87. The quantitative estimate of drug-likeness (QED) is 0.193. The Labute approximate surface area is 224 Å². The fourth-order valence-electron chi connectivity index (χ4n) is 3.93. The molecule has 0 aromatic heterocycles. The van der Waals surface area contributed by atoms with Gasteiger partial charge in [0.1, 0.15) is 12.3 Å². The maximum Gasteiger partial charge on any atom is 0.335 e.